The van der Waals surface area contributed by atoms with Crippen molar-refractivity contribution >= 4 is 5.82 Å². The van der Waals surface area contributed by atoms with Gasteiger partial charge in [-0.05, 0) is 31.7 Å². The third-order valence-corrected chi connectivity index (χ3v) is 2.61. The highest BCUT2D eigenvalue weighted by molar-refractivity contribution is 5.35. The predicted octanol–water partition coefficient (Wildman–Crippen LogP) is 2.38. The smallest absolute Gasteiger partial charge is 0.126 e. The summed E-state index contributed by atoms with van der Waals surface area (Å²) in [5.74, 6) is 1.38. The van der Waals surface area contributed by atoms with E-state index in [0.717, 1.165) is 5.75 Å². The Morgan fingerprint density at radius 1 is 1.29 bits per heavy atom. The number of rotatable bonds is 2. The monoisotopic (exact) mass is 192 g/mol. The number of aromatic nitrogens is 1. The van der Waals surface area contributed by atoms with Crippen molar-refractivity contribution < 1.29 is 4.74 Å². The van der Waals surface area contributed by atoms with Crippen LogP contribution in [0.4, 0.5) is 5.82 Å². The molecule has 0 aromatic carbocycles. The van der Waals surface area contributed by atoms with Gasteiger partial charge < -0.3 is 10.5 Å². The molecule has 1 heterocycles. The van der Waals surface area contributed by atoms with Crippen molar-refractivity contribution in [1.29, 1.82) is 0 Å². The largest absolute Gasteiger partial charge is 0.490 e. The van der Waals surface area contributed by atoms with Gasteiger partial charge in [-0.15, -0.1) is 0 Å². The van der Waals surface area contributed by atoms with Gasteiger partial charge in [-0.2, -0.15) is 0 Å². The average molecular weight is 192 g/mol. The number of nitrogens with two attached hydrogens (primary N) is 1. The summed E-state index contributed by atoms with van der Waals surface area (Å²) in [6, 6.07) is 3.65. The summed E-state index contributed by atoms with van der Waals surface area (Å²) in [6.45, 7) is 0. The molecule has 0 amide bonds. The van der Waals surface area contributed by atoms with Gasteiger partial charge in [0.25, 0.3) is 0 Å². The first-order valence-corrected chi connectivity index (χ1v) is 5.23. The Bertz CT molecular complexity index is 295. The molecule has 0 atom stereocenters. The molecule has 1 fully saturated rings. The van der Waals surface area contributed by atoms with Crippen LogP contribution >= 0.6 is 0 Å². The van der Waals surface area contributed by atoms with Crippen molar-refractivity contribution in [3.8, 4) is 5.75 Å². The lowest BCUT2D eigenvalue weighted by molar-refractivity contribution is 0.155. The van der Waals surface area contributed by atoms with E-state index < -0.39 is 0 Å². The summed E-state index contributed by atoms with van der Waals surface area (Å²) in [6.07, 6.45) is 8.32. The summed E-state index contributed by atoms with van der Waals surface area (Å²) in [4.78, 5) is 3.93. The van der Waals surface area contributed by atoms with Crippen LogP contribution in [0.2, 0.25) is 0 Å². The number of hydrogen-bond acceptors (Lipinski definition) is 3. The second-order valence-electron chi connectivity index (χ2n) is 3.79. The Balaban J connectivity index is 1.95. The van der Waals surface area contributed by atoms with Crippen molar-refractivity contribution in [2.75, 3.05) is 5.73 Å². The van der Waals surface area contributed by atoms with Gasteiger partial charge in [0.2, 0.25) is 0 Å². The number of anilines is 1. The normalized spacial score (nSPS) is 18.0. The number of nitrogen functional groups attached to an aromatic ring is 1. The number of ether oxygens (including phenoxy) is 1. The van der Waals surface area contributed by atoms with Gasteiger partial charge in [0.1, 0.15) is 11.6 Å². The zero-order valence-corrected chi connectivity index (χ0v) is 8.28. The van der Waals surface area contributed by atoms with E-state index in [1.807, 2.05) is 6.07 Å². The Morgan fingerprint density at radius 3 is 2.79 bits per heavy atom. The van der Waals surface area contributed by atoms with Gasteiger partial charge in [-0.1, -0.05) is 6.42 Å². The molecule has 1 aliphatic carbocycles. The van der Waals surface area contributed by atoms with E-state index in [2.05, 4.69) is 4.98 Å². The average Bonchev–Trinajstić information content (AvgIpc) is 2.19. The van der Waals surface area contributed by atoms with E-state index in [-0.39, 0.29) is 0 Å². The number of hydrogen-bond donors (Lipinski definition) is 1. The molecular formula is C11H16N2O. The zero-order valence-electron chi connectivity index (χ0n) is 8.28. The molecule has 0 unspecified atom stereocenters. The zero-order chi connectivity index (χ0) is 9.80. The number of pyridine rings is 1. The minimum Gasteiger partial charge on any atom is -0.490 e. The van der Waals surface area contributed by atoms with Crippen LogP contribution in [0.15, 0.2) is 18.3 Å². The minimum absolute atomic E-state index is 0.380. The minimum atomic E-state index is 0.380. The fraction of sp³-hybridized carbons (Fsp3) is 0.545. The molecule has 3 nitrogen and oxygen atoms in total. The SMILES string of the molecule is Nc1cc(OC2CCCCC2)ccn1. The van der Waals surface area contributed by atoms with Crippen molar-refractivity contribution in [2.45, 2.75) is 38.2 Å². The molecule has 2 N–H and O–H groups in total. The highest BCUT2D eigenvalue weighted by atomic mass is 16.5. The van der Waals surface area contributed by atoms with Gasteiger partial charge in [0, 0.05) is 12.3 Å². The molecular weight excluding hydrogens is 176 g/mol. The van der Waals surface area contributed by atoms with Crippen molar-refractivity contribution in [3.05, 3.63) is 18.3 Å². The number of nitrogens with zero attached hydrogens (tertiary/aromatic N) is 1. The Morgan fingerprint density at radius 2 is 2.07 bits per heavy atom. The van der Waals surface area contributed by atoms with E-state index in [1.165, 1.54) is 32.1 Å². The third-order valence-electron chi connectivity index (χ3n) is 2.61. The summed E-state index contributed by atoms with van der Waals surface area (Å²) >= 11 is 0. The second-order valence-corrected chi connectivity index (χ2v) is 3.79. The molecule has 14 heavy (non-hydrogen) atoms. The molecule has 76 valence electrons. The quantitative estimate of drug-likeness (QED) is 0.782. The van der Waals surface area contributed by atoms with E-state index in [1.54, 1.807) is 12.3 Å². The molecule has 3 heteroatoms. The topological polar surface area (TPSA) is 48.1 Å². The molecule has 1 saturated carbocycles. The van der Waals surface area contributed by atoms with E-state index >= 15 is 0 Å². The first-order valence-electron chi connectivity index (χ1n) is 5.23. The van der Waals surface area contributed by atoms with E-state index in [0.29, 0.717) is 11.9 Å². The fourth-order valence-corrected chi connectivity index (χ4v) is 1.88. The van der Waals surface area contributed by atoms with Crippen molar-refractivity contribution in [2.24, 2.45) is 0 Å². The molecule has 0 radical (unpaired) electrons. The van der Waals surface area contributed by atoms with Crippen LogP contribution in [-0.4, -0.2) is 11.1 Å². The van der Waals surface area contributed by atoms with Gasteiger partial charge in [-0.25, -0.2) is 4.98 Å². The van der Waals surface area contributed by atoms with Gasteiger partial charge in [-0.3, -0.25) is 0 Å². The molecule has 1 aromatic rings. The lowest BCUT2D eigenvalue weighted by Crippen LogP contribution is -2.19. The summed E-state index contributed by atoms with van der Waals surface area (Å²) in [5, 5.41) is 0. The summed E-state index contributed by atoms with van der Waals surface area (Å²) < 4.78 is 5.82. The van der Waals surface area contributed by atoms with Gasteiger partial charge >= 0.3 is 0 Å². The fourth-order valence-electron chi connectivity index (χ4n) is 1.88. The van der Waals surface area contributed by atoms with Crippen LogP contribution in [-0.2, 0) is 0 Å². The first kappa shape index (κ1) is 9.31. The molecule has 0 saturated heterocycles. The van der Waals surface area contributed by atoms with Crippen LogP contribution in [0, 0.1) is 0 Å². The maximum atomic E-state index is 5.82. The van der Waals surface area contributed by atoms with Crippen LogP contribution in [0.1, 0.15) is 32.1 Å². The Labute approximate surface area is 84.3 Å². The highest BCUT2D eigenvalue weighted by Gasteiger charge is 2.14. The molecule has 1 aliphatic rings. The lowest BCUT2D eigenvalue weighted by Gasteiger charge is -2.22. The Kier molecular flexibility index (Phi) is 2.87. The van der Waals surface area contributed by atoms with Crippen molar-refractivity contribution in [3.63, 3.8) is 0 Å². The maximum Gasteiger partial charge on any atom is 0.126 e. The van der Waals surface area contributed by atoms with E-state index in [4.69, 9.17) is 10.5 Å². The summed E-state index contributed by atoms with van der Waals surface area (Å²) in [5.41, 5.74) is 5.57. The van der Waals surface area contributed by atoms with Crippen LogP contribution in [0.3, 0.4) is 0 Å². The van der Waals surface area contributed by atoms with Gasteiger partial charge in [0.05, 0.1) is 6.10 Å². The Hall–Kier alpha value is -1.25. The van der Waals surface area contributed by atoms with E-state index in [9.17, 15) is 0 Å². The second kappa shape index (κ2) is 4.31. The van der Waals surface area contributed by atoms with Crippen LogP contribution in [0.25, 0.3) is 0 Å². The van der Waals surface area contributed by atoms with Crippen molar-refractivity contribution in [1.82, 2.24) is 4.98 Å². The molecule has 1 aromatic heterocycles. The standard InChI is InChI=1S/C11H16N2O/c12-11-8-10(6-7-13-11)14-9-4-2-1-3-5-9/h6-9H,1-5H2,(H2,12,13). The molecule has 2 rings (SSSR count). The van der Waals surface area contributed by atoms with Gasteiger partial charge in [0.15, 0.2) is 0 Å². The maximum absolute atomic E-state index is 5.82. The van der Waals surface area contributed by atoms with Crippen LogP contribution < -0.4 is 10.5 Å². The summed E-state index contributed by atoms with van der Waals surface area (Å²) in [7, 11) is 0. The highest BCUT2D eigenvalue weighted by Crippen LogP contribution is 2.23. The predicted molar refractivity (Wildman–Crippen MR) is 56.2 cm³/mol. The molecule has 0 aliphatic heterocycles. The van der Waals surface area contributed by atoms with Crippen LogP contribution in [0.5, 0.6) is 5.75 Å². The molecule has 0 bridgehead atoms. The first-order chi connectivity index (χ1) is 6.84. The lowest BCUT2D eigenvalue weighted by atomic mass is 9.98. The molecule has 0 spiro atoms. The third kappa shape index (κ3) is 2.37.